The average Bonchev–Trinajstić information content (AvgIpc) is 3.25. The van der Waals surface area contributed by atoms with E-state index in [2.05, 4.69) is 57.6 Å². The Kier molecular flexibility index (Phi) is 5.83. The maximum atomic E-state index is 5.84. The molecule has 0 radical (unpaired) electrons. The number of ether oxygens (including phenoxy) is 1. The van der Waals surface area contributed by atoms with Crippen LogP contribution in [0.4, 0.5) is 11.5 Å². The molecule has 3 aromatic rings. The minimum absolute atomic E-state index is 0.244. The van der Waals surface area contributed by atoms with Crippen LogP contribution in [0.25, 0.3) is 11.3 Å². The van der Waals surface area contributed by atoms with E-state index in [4.69, 9.17) is 4.74 Å². The second-order valence-corrected chi connectivity index (χ2v) is 9.55. The Hall–Kier alpha value is -2.93. The molecule has 5 rings (SSSR count). The number of pyridine rings is 1. The Morgan fingerprint density at radius 1 is 1.19 bits per heavy atom. The van der Waals surface area contributed by atoms with Crippen molar-refractivity contribution in [2.45, 2.75) is 45.8 Å². The zero-order valence-electron chi connectivity index (χ0n) is 19.0. The summed E-state index contributed by atoms with van der Waals surface area (Å²) in [5, 5.41) is 12.2. The van der Waals surface area contributed by atoms with Crippen molar-refractivity contribution in [2.24, 2.45) is 5.41 Å². The molecular weight excluding hydrogens is 400 g/mol. The van der Waals surface area contributed by atoms with Gasteiger partial charge in [-0.25, -0.2) is 9.67 Å². The maximum absolute atomic E-state index is 5.84. The van der Waals surface area contributed by atoms with Gasteiger partial charge in [-0.3, -0.25) is 0 Å². The second kappa shape index (κ2) is 8.90. The van der Waals surface area contributed by atoms with Gasteiger partial charge in [0.15, 0.2) is 0 Å². The van der Waals surface area contributed by atoms with E-state index in [0.717, 1.165) is 56.3 Å². The highest BCUT2D eigenvalue weighted by molar-refractivity contribution is 5.67. The standard InChI is InChI=1S/C25H32N6O/c1-19-13-20(30-17-25(2,18-30)16-27-24-8-3-5-11-26-24)9-10-22(19)23-15-31(29-28-23)14-21-7-4-6-12-32-21/h3,5,8-11,13,15,21H,4,6-7,12,14,16-18H2,1-2H3,(H,26,27). The van der Waals surface area contributed by atoms with Gasteiger partial charge in [-0.05, 0) is 56.0 Å². The highest BCUT2D eigenvalue weighted by Crippen LogP contribution is 2.36. The van der Waals surface area contributed by atoms with E-state index in [1.807, 2.05) is 35.3 Å². The van der Waals surface area contributed by atoms with Gasteiger partial charge in [-0.1, -0.05) is 24.3 Å². The summed E-state index contributed by atoms with van der Waals surface area (Å²) in [4.78, 5) is 6.80. The van der Waals surface area contributed by atoms with E-state index in [0.29, 0.717) is 0 Å². The summed E-state index contributed by atoms with van der Waals surface area (Å²) in [6.45, 7) is 9.11. The molecule has 0 spiro atoms. The Morgan fingerprint density at radius 2 is 2.09 bits per heavy atom. The van der Waals surface area contributed by atoms with E-state index in [1.165, 1.54) is 24.1 Å². The molecule has 0 bridgehead atoms. The molecule has 0 amide bonds. The van der Waals surface area contributed by atoms with Crippen LogP contribution in [0, 0.1) is 12.3 Å². The summed E-state index contributed by atoms with van der Waals surface area (Å²) in [5.74, 6) is 0.940. The van der Waals surface area contributed by atoms with E-state index >= 15 is 0 Å². The van der Waals surface area contributed by atoms with Crippen LogP contribution < -0.4 is 10.2 Å². The predicted molar refractivity (Wildman–Crippen MR) is 127 cm³/mol. The quantitative estimate of drug-likeness (QED) is 0.605. The van der Waals surface area contributed by atoms with Crippen LogP contribution in [0.1, 0.15) is 31.7 Å². The molecule has 0 aliphatic carbocycles. The third kappa shape index (κ3) is 4.63. The Balaban J connectivity index is 1.19. The number of aromatic nitrogens is 4. The third-order valence-electron chi connectivity index (χ3n) is 6.56. The molecule has 7 heteroatoms. The van der Waals surface area contributed by atoms with Gasteiger partial charge in [0, 0.05) is 49.1 Å². The number of benzene rings is 1. The first-order valence-electron chi connectivity index (χ1n) is 11.6. The molecular formula is C25H32N6O. The van der Waals surface area contributed by atoms with Gasteiger partial charge in [0.05, 0.1) is 18.8 Å². The molecule has 2 fully saturated rings. The number of nitrogens with one attached hydrogen (secondary N) is 1. The van der Waals surface area contributed by atoms with Crippen molar-refractivity contribution in [2.75, 3.05) is 36.5 Å². The molecule has 0 saturated carbocycles. The summed E-state index contributed by atoms with van der Waals surface area (Å²) >= 11 is 0. The van der Waals surface area contributed by atoms with Crippen LogP contribution in [0.5, 0.6) is 0 Å². The molecule has 1 unspecified atom stereocenters. The van der Waals surface area contributed by atoms with Crippen molar-refractivity contribution < 1.29 is 4.74 Å². The lowest BCUT2D eigenvalue weighted by Crippen LogP contribution is -2.58. The highest BCUT2D eigenvalue weighted by Gasteiger charge is 2.38. The van der Waals surface area contributed by atoms with Gasteiger partial charge in [0.2, 0.25) is 0 Å². The molecule has 168 valence electrons. The van der Waals surface area contributed by atoms with Gasteiger partial charge in [0.1, 0.15) is 11.5 Å². The first-order chi connectivity index (χ1) is 15.6. The SMILES string of the molecule is Cc1cc(N2CC(C)(CNc3ccccn3)C2)ccc1-c1cn(CC2CCCCO2)nn1. The minimum Gasteiger partial charge on any atom is -0.376 e. The number of hydrogen-bond donors (Lipinski definition) is 1. The van der Waals surface area contributed by atoms with Gasteiger partial charge >= 0.3 is 0 Å². The lowest BCUT2D eigenvalue weighted by molar-refractivity contribution is 0.00370. The smallest absolute Gasteiger partial charge is 0.125 e. The fraction of sp³-hybridized carbons (Fsp3) is 0.480. The van der Waals surface area contributed by atoms with E-state index in [9.17, 15) is 0 Å². The fourth-order valence-corrected chi connectivity index (χ4v) is 4.74. The zero-order chi connectivity index (χ0) is 22.0. The van der Waals surface area contributed by atoms with Crippen LogP contribution in [0.3, 0.4) is 0 Å². The number of rotatable bonds is 7. The average molecular weight is 433 g/mol. The van der Waals surface area contributed by atoms with Crippen molar-refractivity contribution in [1.29, 1.82) is 0 Å². The Morgan fingerprint density at radius 3 is 2.84 bits per heavy atom. The van der Waals surface area contributed by atoms with Gasteiger partial charge in [-0.15, -0.1) is 5.10 Å². The summed E-state index contributed by atoms with van der Waals surface area (Å²) in [6.07, 6.45) is 7.64. The number of anilines is 2. The first-order valence-corrected chi connectivity index (χ1v) is 11.6. The van der Waals surface area contributed by atoms with Crippen molar-refractivity contribution in [1.82, 2.24) is 20.0 Å². The molecule has 2 aliphatic heterocycles. The summed E-state index contributed by atoms with van der Waals surface area (Å²) < 4.78 is 7.76. The number of nitrogens with zero attached hydrogens (tertiary/aromatic N) is 5. The zero-order valence-corrected chi connectivity index (χ0v) is 19.0. The normalized spacial score (nSPS) is 20.1. The van der Waals surface area contributed by atoms with Crippen LogP contribution in [0.2, 0.25) is 0 Å². The van der Waals surface area contributed by atoms with Crippen molar-refractivity contribution >= 4 is 11.5 Å². The lowest BCUT2D eigenvalue weighted by Gasteiger charge is -2.49. The van der Waals surface area contributed by atoms with Gasteiger partial charge < -0.3 is 15.0 Å². The predicted octanol–water partition coefficient (Wildman–Crippen LogP) is 4.16. The summed E-state index contributed by atoms with van der Waals surface area (Å²) in [5.41, 5.74) is 4.81. The molecule has 7 nitrogen and oxygen atoms in total. The van der Waals surface area contributed by atoms with E-state index in [1.54, 1.807) is 0 Å². The first kappa shape index (κ1) is 20.9. The molecule has 32 heavy (non-hydrogen) atoms. The van der Waals surface area contributed by atoms with Crippen LogP contribution in [0.15, 0.2) is 48.8 Å². The number of hydrogen-bond acceptors (Lipinski definition) is 6. The molecule has 1 N–H and O–H groups in total. The van der Waals surface area contributed by atoms with Crippen molar-refractivity contribution in [3.63, 3.8) is 0 Å². The monoisotopic (exact) mass is 432 g/mol. The number of aryl methyl sites for hydroxylation is 1. The Bertz CT molecular complexity index is 1040. The lowest BCUT2D eigenvalue weighted by atomic mass is 9.81. The topological polar surface area (TPSA) is 68.1 Å². The molecule has 4 heterocycles. The largest absolute Gasteiger partial charge is 0.376 e. The maximum Gasteiger partial charge on any atom is 0.125 e. The van der Waals surface area contributed by atoms with Crippen LogP contribution in [-0.2, 0) is 11.3 Å². The Labute approximate surface area is 189 Å². The van der Waals surface area contributed by atoms with Crippen molar-refractivity contribution in [3.8, 4) is 11.3 Å². The molecule has 1 aromatic carbocycles. The van der Waals surface area contributed by atoms with E-state index < -0.39 is 0 Å². The fourth-order valence-electron chi connectivity index (χ4n) is 4.74. The summed E-state index contributed by atoms with van der Waals surface area (Å²) in [6, 6.07) is 12.6. The van der Waals surface area contributed by atoms with Crippen molar-refractivity contribution in [3.05, 3.63) is 54.4 Å². The van der Waals surface area contributed by atoms with E-state index in [-0.39, 0.29) is 11.5 Å². The molecule has 1 atom stereocenters. The minimum atomic E-state index is 0.244. The highest BCUT2D eigenvalue weighted by atomic mass is 16.5. The van der Waals surface area contributed by atoms with Gasteiger partial charge in [-0.2, -0.15) is 0 Å². The molecule has 2 saturated heterocycles. The van der Waals surface area contributed by atoms with Gasteiger partial charge in [0.25, 0.3) is 0 Å². The molecule has 2 aromatic heterocycles. The molecule has 2 aliphatic rings. The summed E-state index contributed by atoms with van der Waals surface area (Å²) in [7, 11) is 0. The van der Waals surface area contributed by atoms with Crippen LogP contribution >= 0.6 is 0 Å². The third-order valence-corrected chi connectivity index (χ3v) is 6.56. The van der Waals surface area contributed by atoms with Crippen LogP contribution in [-0.4, -0.2) is 52.3 Å². The second-order valence-electron chi connectivity index (χ2n) is 9.55.